The predicted octanol–water partition coefficient (Wildman–Crippen LogP) is 5.29. The molecule has 4 aromatic rings. The molecular weight excluding hydrogens is 628 g/mol. The minimum absolute atomic E-state index is 0.0563. The van der Waals surface area contributed by atoms with E-state index < -0.39 is 51.3 Å². The topological polar surface area (TPSA) is 111 Å². The van der Waals surface area contributed by atoms with Gasteiger partial charge in [0.1, 0.15) is 27.2 Å². The van der Waals surface area contributed by atoms with E-state index in [0.717, 1.165) is 6.07 Å². The Morgan fingerprint density at radius 3 is 2.46 bits per heavy atom. The van der Waals surface area contributed by atoms with Crippen molar-refractivity contribution in [2.45, 2.75) is 45.3 Å². The van der Waals surface area contributed by atoms with Crippen molar-refractivity contribution in [1.82, 2.24) is 19.4 Å². The molecule has 1 aliphatic heterocycles. The van der Waals surface area contributed by atoms with E-state index in [9.17, 15) is 35.6 Å². The lowest BCUT2D eigenvalue weighted by molar-refractivity contribution is -0.140. The van der Waals surface area contributed by atoms with Gasteiger partial charge in [-0.25, -0.2) is 22.8 Å². The van der Waals surface area contributed by atoms with Gasteiger partial charge in [0.15, 0.2) is 5.65 Å². The number of hydrogen-bond donors (Lipinski definition) is 0. The van der Waals surface area contributed by atoms with Crippen molar-refractivity contribution in [2.75, 3.05) is 24.7 Å². The standard InChI is InChI=1S/C32H32F4N4O5S/c1-3-45-24-9-7-23(8-10-24)40-30(38-29-25(31(40)42)5-4-14-37-29)20(2)39(19-21-12-15-46(43,44)16-13-21)28(41)18-22-6-11-27(33)26(17-22)32(34,35)36/h4-11,14,17,20-21H,3,12-13,15-16,18-19H2,1-2H3. The quantitative estimate of drug-likeness (QED) is 0.224. The first-order valence-electron chi connectivity index (χ1n) is 14.7. The first kappa shape index (κ1) is 33.0. The molecule has 244 valence electrons. The van der Waals surface area contributed by atoms with Crippen LogP contribution >= 0.6 is 0 Å². The summed E-state index contributed by atoms with van der Waals surface area (Å²) in [5.74, 6) is -1.69. The van der Waals surface area contributed by atoms with Crippen LogP contribution in [0.2, 0.25) is 0 Å². The first-order valence-corrected chi connectivity index (χ1v) is 16.6. The van der Waals surface area contributed by atoms with Crippen molar-refractivity contribution in [1.29, 1.82) is 0 Å². The normalized spacial score (nSPS) is 15.9. The number of pyridine rings is 1. The van der Waals surface area contributed by atoms with Crippen molar-refractivity contribution in [3.05, 3.63) is 93.9 Å². The summed E-state index contributed by atoms with van der Waals surface area (Å²) in [6, 6.07) is 11.4. The Morgan fingerprint density at radius 2 is 1.80 bits per heavy atom. The van der Waals surface area contributed by atoms with E-state index in [-0.39, 0.29) is 59.2 Å². The van der Waals surface area contributed by atoms with Gasteiger partial charge in [0.25, 0.3) is 5.56 Å². The lowest BCUT2D eigenvalue weighted by Gasteiger charge is -2.34. The highest BCUT2D eigenvalue weighted by Gasteiger charge is 2.35. The molecule has 1 fully saturated rings. The zero-order valence-electron chi connectivity index (χ0n) is 25.1. The number of rotatable bonds is 9. The number of halogens is 4. The fraction of sp³-hybridized carbons (Fsp3) is 0.375. The smallest absolute Gasteiger partial charge is 0.419 e. The van der Waals surface area contributed by atoms with Crippen LogP contribution in [-0.2, 0) is 27.2 Å². The molecule has 1 saturated heterocycles. The molecule has 1 aliphatic rings. The Morgan fingerprint density at radius 1 is 1.11 bits per heavy atom. The van der Waals surface area contributed by atoms with Crippen LogP contribution < -0.4 is 10.3 Å². The fourth-order valence-corrected chi connectivity index (χ4v) is 7.20. The number of aromatic nitrogens is 3. The molecule has 0 spiro atoms. The predicted molar refractivity (Wildman–Crippen MR) is 163 cm³/mol. The van der Waals surface area contributed by atoms with E-state index in [2.05, 4.69) is 9.97 Å². The third-order valence-corrected chi connectivity index (χ3v) is 9.77. The molecule has 1 amide bonds. The second kappa shape index (κ2) is 13.2. The van der Waals surface area contributed by atoms with Crippen LogP contribution in [0.1, 0.15) is 49.7 Å². The zero-order valence-corrected chi connectivity index (χ0v) is 25.9. The van der Waals surface area contributed by atoms with Gasteiger partial charge in [-0.1, -0.05) is 6.07 Å². The molecule has 0 bridgehead atoms. The highest BCUT2D eigenvalue weighted by Crippen LogP contribution is 2.33. The minimum Gasteiger partial charge on any atom is -0.494 e. The van der Waals surface area contributed by atoms with E-state index in [0.29, 0.717) is 30.2 Å². The van der Waals surface area contributed by atoms with Gasteiger partial charge in [-0.15, -0.1) is 0 Å². The van der Waals surface area contributed by atoms with Gasteiger partial charge in [-0.3, -0.25) is 14.2 Å². The number of sulfone groups is 1. The lowest BCUT2D eigenvalue weighted by atomic mass is 10.00. The third kappa shape index (κ3) is 7.22. The van der Waals surface area contributed by atoms with Gasteiger partial charge in [0.05, 0.1) is 47.2 Å². The molecule has 0 aliphatic carbocycles. The van der Waals surface area contributed by atoms with Gasteiger partial charge in [-0.05, 0) is 86.7 Å². The molecule has 0 saturated carbocycles. The number of benzene rings is 2. The van der Waals surface area contributed by atoms with Crippen LogP contribution in [0, 0.1) is 11.7 Å². The molecular formula is C32H32F4N4O5S. The number of ether oxygens (including phenoxy) is 1. The van der Waals surface area contributed by atoms with Crippen LogP contribution in [0.25, 0.3) is 16.7 Å². The number of carbonyl (C=O) groups excluding carboxylic acids is 1. The second-order valence-electron chi connectivity index (χ2n) is 11.2. The summed E-state index contributed by atoms with van der Waals surface area (Å²) >= 11 is 0. The summed E-state index contributed by atoms with van der Waals surface area (Å²) in [5.41, 5.74) is -1.42. The van der Waals surface area contributed by atoms with Crippen LogP contribution in [-0.4, -0.2) is 58.4 Å². The maximum atomic E-state index is 14.0. The summed E-state index contributed by atoms with van der Waals surface area (Å²) in [4.78, 5) is 38.2. The van der Waals surface area contributed by atoms with Crippen LogP contribution in [0.3, 0.4) is 0 Å². The van der Waals surface area contributed by atoms with E-state index in [1.54, 1.807) is 43.3 Å². The number of amides is 1. The Balaban J connectivity index is 1.59. The fourth-order valence-electron chi connectivity index (χ4n) is 5.61. The van der Waals surface area contributed by atoms with E-state index in [1.165, 1.54) is 15.7 Å². The average molecular weight is 661 g/mol. The monoisotopic (exact) mass is 660 g/mol. The van der Waals surface area contributed by atoms with Gasteiger partial charge in [0, 0.05) is 12.7 Å². The Labute approximate surface area is 262 Å². The van der Waals surface area contributed by atoms with E-state index in [1.807, 2.05) is 6.92 Å². The van der Waals surface area contributed by atoms with Crippen molar-refractivity contribution >= 4 is 26.8 Å². The van der Waals surface area contributed by atoms with Crippen LogP contribution in [0.4, 0.5) is 17.6 Å². The van der Waals surface area contributed by atoms with E-state index >= 15 is 0 Å². The minimum atomic E-state index is -4.96. The number of fused-ring (bicyclic) bond motifs is 1. The number of hydrogen-bond acceptors (Lipinski definition) is 7. The number of carbonyl (C=O) groups is 1. The summed E-state index contributed by atoms with van der Waals surface area (Å²) in [5, 5.41) is 0.230. The van der Waals surface area contributed by atoms with Crippen LogP contribution in [0.15, 0.2) is 65.6 Å². The molecule has 0 N–H and O–H groups in total. The number of nitrogens with zero attached hydrogens (tertiary/aromatic N) is 4. The molecule has 3 heterocycles. The van der Waals surface area contributed by atoms with Gasteiger partial charge in [-0.2, -0.15) is 13.2 Å². The molecule has 14 heteroatoms. The average Bonchev–Trinajstić information content (AvgIpc) is 3.01. The molecule has 0 radical (unpaired) electrons. The molecule has 9 nitrogen and oxygen atoms in total. The maximum absolute atomic E-state index is 14.0. The highest BCUT2D eigenvalue weighted by atomic mass is 32.2. The van der Waals surface area contributed by atoms with Crippen LogP contribution in [0.5, 0.6) is 5.75 Å². The first-order chi connectivity index (χ1) is 21.8. The number of alkyl halides is 3. The Hall–Kier alpha value is -4.33. The molecule has 1 atom stereocenters. The maximum Gasteiger partial charge on any atom is 0.419 e. The largest absolute Gasteiger partial charge is 0.494 e. The lowest BCUT2D eigenvalue weighted by Crippen LogP contribution is -2.42. The van der Waals surface area contributed by atoms with Gasteiger partial charge in [0.2, 0.25) is 5.91 Å². The van der Waals surface area contributed by atoms with Crippen molar-refractivity contribution in [2.24, 2.45) is 5.92 Å². The zero-order chi connectivity index (χ0) is 33.2. The molecule has 2 aromatic heterocycles. The van der Waals surface area contributed by atoms with Crippen molar-refractivity contribution in [3.8, 4) is 11.4 Å². The van der Waals surface area contributed by atoms with Gasteiger partial charge >= 0.3 is 6.18 Å². The van der Waals surface area contributed by atoms with E-state index in [4.69, 9.17) is 4.74 Å². The summed E-state index contributed by atoms with van der Waals surface area (Å²) in [7, 11) is -3.22. The van der Waals surface area contributed by atoms with Crippen molar-refractivity contribution < 1.29 is 35.5 Å². The van der Waals surface area contributed by atoms with Crippen molar-refractivity contribution in [3.63, 3.8) is 0 Å². The molecule has 2 aromatic carbocycles. The SMILES string of the molecule is CCOc1ccc(-n2c(C(C)N(CC3CCS(=O)(=O)CC3)C(=O)Cc3ccc(F)c(C(F)(F)F)c3)nc3ncccc3c2=O)cc1. The highest BCUT2D eigenvalue weighted by molar-refractivity contribution is 7.91. The summed E-state index contributed by atoms with van der Waals surface area (Å²) < 4.78 is 85.5. The molecule has 1 unspecified atom stereocenters. The molecule has 46 heavy (non-hydrogen) atoms. The Bertz CT molecular complexity index is 1900. The Kier molecular flexibility index (Phi) is 9.47. The van der Waals surface area contributed by atoms with Gasteiger partial charge < -0.3 is 9.64 Å². The second-order valence-corrected chi connectivity index (χ2v) is 13.5. The summed E-state index contributed by atoms with van der Waals surface area (Å²) in [6.45, 7) is 3.97. The molecule has 5 rings (SSSR count). The summed E-state index contributed by atoms with van der Waals surface area (Å²) in [6.07, 6.45) is -3.42. The third-order valence-electron chi connectivity index (χ3n) is 8.06.